The maximum absolute atomic E-state index is 11.8. The minimum absolute atomic E-state index is 0.302. The van der Waals surface area contributed by atoms with Crippen LogP contribution in [-0.4, -0.2) is 32.5 Å². The van der Waals surface area contributed by atoms with Crippen molar-refractivity contribution >= 4 is 28.5 Å². The zero-order valence-electron chi connectivity index (χ0n) is 14.3. The molecule has 0 aliphatic rings. The first kappa shape index (κ1) is 18.0. The molecule has 0 saturated carbocycles. The molecular weight excluding hydrogens is 326 g/mol. The quantitative estimate of drug-likeness (QED) is 0.550. The highest BCUT2D eigenvalue weighted by atomic mass is 32.1. The van der Waals surface area contributed by atoms with Crippen LogP contribution in [-0.2, 0) is 4.74 Å². The second-order valence-electron chi connectivity index (χ2n) is 4.92. The lowest BCUT2D eigenvalue weighted by molar-refractivity contribution is 0.0531. The third kappa shape index (κ3) is 4.35. The van der Waals surface area contributed by atoms with Gasteiger partial charge in [0.1, 0.15) is 9.88 Å². The van der Waals surface area contributed by atoms with Crippen LogP contribution >= 0.6 is 11.3 Å². The summed E-state index contributed by atoms with van der Waals surface area (Å²) in [4.78, 5) is 16.9. The highest BCUT2D eigenvalue weighted by Crippen LogP contribution is 2.31. The van der Waals surface area contributed by atoms with E-state index in [0.717, 1.165) is 16.1 Å². The summed E-state index contributed by atoms with van der Waals surface area (Å²) in [6.45, 7) is 6.53. The molecule has 1 heterocycles. The number of thiophene rings is 1. The molecule has 2 rings (SSSR count). The van der Waals surface area contributed by atoms with Gasteiger partial charge in [-0.15, -0.1) is 11.3 Å². The average molecular weight is 347 g/mol. The highest BCUT2D eigenvalue weighted by Gasteiger charge is 2.14. The molecule has 0 saturated heterocycles. The topological polar surface area (TPSA) is 57.1 Å². The number of carbonyl (C=O) groups is 1. The lowest BCUT2D eigenvalue weighted by atomic mass is 10.2. The Morgan fingerprint density at radius 2 is 2.00 bits per heavy atom. The second kappa shape index (κ2) is 8.49. The van der Waals surface area contributed by atoms with Crippen molar-refractivity contribution in [2.45, 2.75) is 20.8 Å². The van der Waals surface area contributed by atoms with Crippen molar-refractivity contribution in [3.05, 3.63) is 40.3 Å². The van der Waals surface area contributed by atoms with Gasteiger partial charge in [-0.05, 0) is 56.2 Å². The van der Waals surface area contributed by atoms with Crippen molar-refractivity contribution in [2.75, 3.05) is 20.3 Å². The van der Waals surface area contributed by atoms with E-state index in [2.05, 4.69) is 4.99 Å². The van der Waals surface area contributed by atoms with Crippen LogP contribution in [0.3, 0.4) is 0 Å². The van der Waals surface area contributed by atoms with Gasteiger partial charge in [0.05, 0.1) is 20.3 Å². The van der Waals surface area contributed by atoms with Gasteiger partial charge < -0.3 is 14.2 Å². The van der Waals surface area contributed by atoms with Crippen LogP contribution in [0.25, 0.3) is 0 Å². The van der Waals surface area contributed by atoms with Crippen molar-refractivity contribution in [3.8, 4) is 11.5 Å². The van der Waals surface area contributed by atoms with Crippen LogP contribution in [0.2, 0.25) is 0 Å². The first-order valence-corrected chi connectivity index (χ1v) is 8.53. The molecule has 0 atom stereocenters. The maximum Gasteiger partial charge on any atom is 0.348 e. The van der Waals surface area contributed by atoms with Gasteiger partial charge in [-0.2, -0.15) is 0 Å². The number of aryl methyl sites for hydroxylation is 1. The van der Waals surface area contributed by atoms with Crippen LogP contribution in [0.15, 0.2) is 29.3 Å². The molecule has 1 aromatic heterocycles. The van der Waals surface area contributed by atoms with Crippen molar-refractivity contribution < 1.29 is 19.0 Å². The SMILES string of the molecule is CCOC(=O)c1sc(N=Cc2ccc(OCC)c(OC)c2)cc1C. The second-order valence-corrected chi connectivity index (χ2v) is 5.95. The number of aliphatic imine (C=N–C) groups is 1. The molecular formula is C18H21NO4S. The molecule has 0 bridgehead atoms. The fourth-order valence-corrected chi connectivity index (χ4v) is 3.02. The number of hydrogen-bond acceptors (Lipinski definition) is 6. The van der Waals surface area contributed by atoms with Gasteiger partial charge in [0.25, 0.3) is 0 Å². The molecule has 1 aromatic carbocycles. The molecule has 0 fully saturated rings. The number of ether oxygens (including phenoxy) is 3. The Morgan fingerprint density at radius 3 is 2.67 bits per heavy atom. The van der Waals surface area contributed by atoms with Crippen molar-refractivity contribution in [1.82, 2.24) is 0 Å². The summed E-state index contributed by atoms with van der Waals surface area (Å²) in [7, 11) is 1.60. The molecule has 5 nitrogen and oxygen atoms in total. The Labute approximate surface area is 145 Å². The van der Waals surface area contributed by atoms with Crippen LogP contribution in [0.1, 0.15) is 34.6 Å². The Morgan fingerprint density at radius 1 is 1.21 bits per heavy atom. The molecule has 2 aromatic rings. The van der Waals surface area contributed by atoms with Crippen molar-refractivity contribution in [3.63, 3.8) is 0 Å². The van der Waals surface area contributed by atoms with E-state index in [1.807, 2.05) is 38.1 Å². The fourth-order valence-electron chi connectivity index (χ4n) is 2.11. The molecule has 128 valence electrons. The van der Waals surface area contributed by atoms with Crippen LogP contribution in [0.5, 0.6) is 11.5 Å². The number of hydrogen-bond donors (Lipinski definition) is 0. The molecule has 0 spiro atoms. The fraction of sp³-hybridized carbons (Fsp3) is 0.333. The van der Waals surface area contributed by atoms with Gasteiger partial charge in [-0.25, -0.2) is 9.79 Å². The Hall–Kier alpha value is -2.34. The van der Waals surface area contributed by atoms with Crippen LogP contribution < -0.4 is 9.47 Å². The van der Waals surface area contributed by atoms with Gasteiger partial charge in [0, 0.05) is 6.21 Å². The van der Waals surface area contributed by atoms with E-state index < -0.39 is 0 Å². The van der Waals surface area contributed by atoms with E-state index in [9.17, 15) is 4.79 Å². The van der Waals surface area contributed by atoms with Gasteiger partial charge in [0.15, 0.2) is 11.5 Å². The predicted molar refractivity (Wildman–Crippen MR) is 96.4 cm³/mol. The summed E-state index contributed by atoms with van der Waals surface area (Å²) in [6, 6.07) is 7.50. The smallest absolute Gasteiger partial charge is 0.348 e. The van der Waals surface area contributed by atoms with Crippen LogP contribution in [0.4, 0.5) is 5.00 Å². The summed E-state index contributed by atoms with van der Waals surface area (Å²) in [5.41, 5.74) is 1.76. The molecule has 0 radical (unpaired) electrons. The van der Waals surface area contributed by atoms with E-state index in [1.54, 1.807) is 20.2 Å². The summed E-state index contributed by atoms with van der Waals surface area (Å²) in [5.74, 6) is 1.06. The summed E-state index contributed by atoms with van der Waals surface area (Å²) in [6.07, 6.45) is 1.73. The van der Waals surface area contributed by atoms with Gasteiger partial charge >= 0.3 is 5.97 Å². The lowest BCUT2D eigenvalue weighted by Gasteiger charge is -2.09. The number of esters is 1. The Bertz CT molecular complexity index is 737. The molecule has 0 aliphatic carbocycles. The number of carbonyl (C=O) groups excluding carboxylic acids is 1. The minimum atomic E-state index is -0.302. The first-order valence-electron chi connectivity index (χ1n) is 7.71. The van der Waals surface area contributed by atoms with Crippen molar-refractivity contribution in [1.29, 1.82) is 0 Å². The first-order chi connectivity index (χ1) is 11.6. The molecule has 6 heteroatoms. The van der Waals surface area contributed by atoms with Gasteiger partial charge in [-0.1, -0.05) is 0 Å². The number of rotatable bonds is 7. The Balaban J connectivity index is 2.19. The maximum atomic E-state index is 11.8. The monoisotopic (exact) mass is 347 g/mol. The third-order valence-corrected chi connectivity index (χ3v) is 4.32. The molecule has 0 N–H and O–H groups in total. The molecule has 0 amide bonds. The zero-order chi connectivity index (χ0) is 17.5. The Kier molecular flexibility index (Phi) is 6.37. The largest absolute Gasteiger partial charge is 0.493 e. The summed E-state index contributed by atoms with van der Waals surface area (Å²) in [5, 5.41) is 0.753. The molecule has 0 unspecified atom stereocenters. The summed E-state index contributed by atoms with van der Waals surface area (Å²) < 4.78 is 15.9. The van der Waals surface area contributed by atoms with E-state index >= 15 is 0 Å². The third-order valence-electron chi connectivity index (χ3n) is 3.19. The standard InChI is InChI=1S/C18H21NO4S/c1-5-22-14-8-7-13(10-15(14)21-4)11-19-16-9-12(3)17(24-16)18(20)23-6-2/h7-11H,5-6H2,1-4H3. The summed E-state index contributed by atoms with van der Waals surface area (Å²) >= 11 is 1.32. The average Bonchev–Trinajstić information content (AvgIpc) is 2.95. The normalized spacial score (nSPS) is 10.8. The zero-order valence-corrected chi connectivity index (χ0v) is 15.1. The van der Waals surface area contributed by atoms with E-state index in [4.69, 9.17) is 14.2 Å². The predicted octanol–water partition coefficient (Wildman–Crippen LogP) is 4.39. The van der Waals surface area contributed by atoms with E-state index in [1.165, 1.54) is 11.3 Å². The van der Waals surface area contributed by atoms with Gasteiger partial charge in [-0.3, -0.25) is 0 Å². The number of benzene rings is 1. The minimum Gasteiger partial charge on any atom is -0.493 e. The molecule has 24 heavy (non-hydrogen) atoms. The number of nitrogens with zero attached hydrogens (tertiary/aromatic N) is 1. The van der Waals surface area contributed by atoms with Crippen LogP contribution in [0, 0.1) is 6.92 Å². The van der Waals surface area contributed by atoms with E-state index in [-0.39, 0.29) is 5.97 Å². The van der Waals surface area contributed by atoms with E-state index in [0.29, 0.717) is 29.6 Å². The molecule has 0 aliphatic heterocycles. The highest BCUT2D eigenvalue weighted by molar-refractivity contribution is 7.17. The number of methoxy groups -OCH3 is 1. The van der Waals surface area contributed by atoms with Crippen molar-refractivity contribution in [2.24, 2.45) is 4.99 Å². The van der Waals surface area contributed by atoms with Gasteiger partial charge in [0.2, 0.25) is 0 Å². The lowest BCUT2D eigenvalue weighted by Crippen LogP contribution is -2.03.